The van der Waals surface area contributed by atoms with E-state index in [2.05, 4.69) is 26.5 Å². The highest BCUT2D eigenvalue weighted by molar-refractivity contribution is 6.31. The smallest absolute Gasteiger partial charge is 0.141 e. The minimum Gasteiger partial charge on any atom is -0.346 e. The fraction of sp³-hybridized carbons (Fsp3) is 0.304. The molecule has 0 unspecified atom stereocenters. The second-order valence-corrected chi connectivity index (χ2v) is 8.48. The van der Waals surface area contributed by atoms with Gasteiger partial charge in [0.15, 0.2) is 0 Å². The van der Waals surface area contributed by atoms with Crippen LogP contribution in [0.3, 0.4) is 0 Å². The molecule has 4 aromatic rings. The van der Waals surface area contributed by atoms with Crippen LogP contribution in [0.5, 0.6) is 0 Å². The number of benzene rings is 1. The molecule has 7 heteroatoms. The van der Waals surface area contributed by atoms with E-state index in [1.807, 2.05) is 30.9 Å². The van der Waals surface area contributed by atoms with Crippen molar-refractivity contribution in [1.29, 1.82) is 0 Å². The lowest BCUT2D eigenvalue weighted by Crippen LogP contribution is -2.31. The van der Waals surface area contributed by atoms with Crippen molar-refractivity contribution in [2.24, 2.45) is 5.92 Å². The van der Waals surface area contributed by atoms with Gasteiger partial charge in [-0.25, -0.2) is 14.4 Å². The van der Waals surface area contributed by atoms with E-state index in [1.165, 1.54) is 18.9 Å². The Bertz CT molecular complexity index is 1190. The number of pyridine rings is 1. The van der Waals surface area contributed by atoms with Crippen LogP contribution >= 0.6 is 11.6 Å². The molecule has 0 aliphatic carbocycles. The number of likely N-dealkylation sites (tertiary alicyclic amines) is 1. The van der Waals surface area contributed by atoms with Gasteiger partial charge in [-0.2, -0.15) is 0 Å². The van der Waals surface area contributed by atoms with Gasteiger partial charge in [-0.1, -0.05) is 11.6 Å². The fourth-order valence-electron chi connectivity index (χ4n) is 4.35. The topological polar surface area (TPSA) is 49.7 Å². The third-order valence-corrected chi connectivity index (χ3v) is 6.33. The number of rotatable bonds is 4. The first-order chi connectivity index (χ1) is 14.6. The van der Waals surface area contributed by atoms with Crippen LogP contribution in [0.4, 0.5) is 4.39 Å². The molecule has 30 heavy (non-hydrogen) atoms. The van der Waals surface area contributed by atoms with Crippen LogP contribution in [0.2, 0.25) is 5.02 Å². The average molecular weight is 424 g/mol. The third-order valence-electron chi connectivity index (χ3n) is 6.04. The Morgan fingerprint density at radius 1 is 1.17 bits per heavy atom. The minimum absolute atomic E-state index is 0.102. The summed E-state index contributed by atoms with van der Waals surface area (Å²) in [7, 11) is 2.18. The first kappa shape index (κ1) is 19.3. The second kappa shape index (κ2) is 7.85. The van der Waals surface area contributed by atoms with Crippen molar-refractivity contribution in [2.45, 2.75) is 19.4 Å². The van der Waals surface area contributed by atoms with E-state index in [0.717, 1.165) is 53.2 Å². The van der Waals surface area contributed by atoms with Crippen molar-refractivity contribution in [2.75, 3.05) is 20.1 Å². The number of aromatic nitrogens is 4. The van der Waals surface area contributed by atoms with E-state index in [0.29, 0.717) is 5.92 Å². The highest BCUT2D eigenvalue weighted by atomic mass is 35.5. The predicted octanol–water partition coefficient (Wildman–Crippen LogP) is 5.23. The summed E-state index contributed by atoms with van der Waals surface area (Å²) in [5.41, 5.74) is 4.52. The van der Waals surface area contributed by atoms with Crippen LogP contribution in [0.15, 0.2) is 49.1 Å². The summed E-state index contributed by atoms with van der Waals surface area (Å²) in [5, 5.41) is 1.14. The molecule has 3 aromatic heterocycles. The summed E-state index contributed by atoms with van der Waals surface area (Å²) < 4.78 is 16.0. The largest absolute Gasteiger partial charge is 0.346 e. The molecule has 0 radical (unpaired) electrons. The highest BCUT2D eigenvalue weighted by Crippen LogP contribution is 2.37. The van der Waals surface area contributed by atoms with E-state index < -0.39 is 5.82 Å². The fourth-order valence-corrected chi connectivity index (χ4v) is 4.53. The van der Waals surface area contributed by atoms with Crippen LogP contribution in [0, 0.1) is 11.7 Å². The Labute approximate surface area is 179 Å². The maximum absolute atomic E-state index is 13.8. The average Bonchev–Trinajstić information content (AvgIpc) is 3.39. The Morgan fingerprint density at radius 2 is 2.00 bits per heavy atom. The van der Waals surface area contributed by atoms with Gasteiger partial charge in [-0.05, 0) is 69.2 Å². The van der Waals surface area contributed by atoms with Crippen LogP contribution in [-0.2, 0) is 6.54 Å². The normalized spacial score (nSPS) is 15.8. The number of nitrogens with zero attached hydrogens (tertiary/aromatic N) is 4. The van der Waals surface area contributed by atoms with E-state index in [9.17, 15) is 4.39 Å². The monoisotopic (exact) mass is 423 g/mol. The molecule has 4 heterocycles. The van der Waals surface area contributed by atoms with Crippen molar-refractivity contribution in [1.82, 2.24) is 24.4 Å². The predicted molar refractivity (Wildman–Crippen MR) is 118 cm³/mol. The molecule has 1 N–H and O–H groups in total. The molecule has 0 amide bonds. The molecule has 1 fully saturated rings. The van der Waals surface area contributed by atoms with Gasteiger partial charge in [-0.15, -0.1) is 0 Å². The molecule has 5 nitrogen and oxygen atoms in total. The third kappa shape index (κ3) is 3.50. The minimum atomic E-state index is -0.426. The van der Waals surface area contributed by atoms with Gasteiger partial charge in [0.2, 0.25) is 0 Å². The molecular weight excluding hydrogens is 401 g/mol. The molecule has 0 saturated carbocycles. The maximum Gasteiger partial charge on any atom is 0.141 e. The molecule has 1 aromatic carbocycles. The van der Waals surface area contributed by atoms with E-state index in [4.69, 9.17) is 16.6 Å². The van der Waals surface area contributed by atoms with Crippen molar-refractivity contribution in [3.05, 3.63) is 59.9 Å². The first-order valence-corrected chi connectivity index (χ1v) is 10.6. The number of hydrogen-bond acceptors (Lipinski definition) is 3. The van der Waals surface area contributed by atoms with Gasteiger partial charge in [0.1, 0.15) is 11.5 Å². The molecule has 5 rings (SSSR count). The lowest BCUT2D eigenvalue weighted by molar-refractivity contribution is 0.205. The quantitative estimate of drug-likeness (QED) is 0.489. The summed E-state index contributed by atoms with van der Waals surface area (Å²) >= 11 is 6.09. The van der Waals surface area contributed by atoms with Crippen LogP contribution in [0.1, 0.15) is 12.8 Å². The first-order valence-electron chi connectivity index (χ1n) is 10.2. The lowest BCUT2D eigenvalue weighted by atomic mass is 9.96. The summed E-state index contributed by atoms with van der Waals surface area (Å²) in [6.45, 7) is 3.14. The Morgan fingerprint density at radius 3 is 2.80 bits per heavy atom. The van der Waals surface area contributed by atoms with Crippen LogP contribution < -0.4 is 0 Å². The molecule has 1 aliphatic rings. The Balaban J connectivity index is 1.63. The second-order valence-electron chi connectivity index (χ2n) is 8.07. The van der Waals surface area contributed by atoms with Gasteiger partial charge >= 0.3 is 0 Å². The number of fused-ring (bicyclic) bond motifs is 1. The van der Waals surface area contributed by atoms with E-state index in [1.54, 1.807) is 12.1 Å². The highest BCUT2D eigenvalue weighted by Gasteiger charge is 2.22. The number of imidazole rings is 1. The number of H-pyrrole nitrogens is 1. The molecular formula is C23H23ClFN5. The maximum atomic E-state index is 13.8. The van der Waals surface area contributed by atoms with Crippen LogP contribution in [0.25, 0.3) is 33.5 Å². The van der Waals surface area contributed by atoms with Crippen LogP contribution in [-0.4, -0.2) is 44.6 Å². The van der Waals surface area contributed by atoms with Gasteiger partial charge in [0, 0.05) is 35.5 Å². The van der Waals surface area contributed by atoms with Gasteiger partial charge in [0.25, 0.3) is 0 Å². The molecule has 1 saturated heterocycles. The zero-order valence-corrected chi connectivity index (χ0v) is 17.5. The van der Waals surface area contributed by atoms with E-state index >= 15 is 0 Å². The number of piperidine rings is 1. The SMILES string of the molecule is CN1CCC(Cn2cnc(-c3ccc(F)c(Cl)c3)c2-c2ccnc3[nH]ccc23)CC1. The molecule has 0 spiro atoms. The summed E-state index contributed by atoms with van der Waals surface area (Å²) in [4.78, 5) is 14.7. The van der Waals surface area contributed by atoms with Gasteiger partial charge in [-0.3, -0.25) is 0 Å². The van der Waals surface area contributed by atoms with Crippen molar-refractivity contribution >= 4 is 22.6 Å². The summed E-state index contributed by atoms with van der Waals surface area (Å²) in [6.07, 6.45) is 7.94. The van der Waals surface area contributed by atoms with Gasteiger partial charge < -0.3 is 14.5 Å². The Hall–Kier alpha value is -2.70. The van der Waals surface area contributed by atoms with E-state index in [-0.39, 0.29) is 5.02 Å². The molecule has 0 bridgehead atoms. The molecule has 1 aliphatic heterocycles. The zero-order chi connectivity index (χ0) is 20.7. The van der Waals surface area contributed by atoms with Crippen molar-refractivity contribution in [3.8, 4) is 22.5 Å². The molecule has 0 atom stereocenters. The Kier molecular flexibility index (Phi) is 5.05. The number of hydrogen-bond donors (Lipinski definition) is 1. The molecule has 154 valence electrons. The van der Waals surface area contributed by atoms with Crippen molar-refractivity contribution in [3.63, 3.8) is 0 Å². The number of nitrogens with one attached hydrogen (secondary N) is 1. The standard InChI is InChI=1S/C23H23ClFN5/c1-29-10-6-15(7-11-29)13-30-14-28-21(16-2-3-20(25)19(24)12-16)22(30)17-4-8-26-23-18(17)5-9-27-23/h2-5,8-9,12,14-15H,6-7,10-11,13H2,1H3,(H,26,27). The van der Waals surface area contributed by atoms with Gasteiger partial charge in [0.05, 0.1) is 22.7 Å². The number of halogens is 2. The number of aromatic amines is 1. The van der Waals surface area contributed by atoms with Crippen molar-refractivity contribution < 1.29 is 4.39 Å². The summed E-state index contributed by atoms with van der Waals surface area (Å²) in [6, 6.07) is 8.84. The zero-order valence-electron chi connectivity index (χ0n) is 16.8. The lowest BCUT2D eigenvalue weighted by Gasteiger charge is -2.29. The summed E-state index contributed by atoms with van der Waals surface area (Å²) in [5.74, 6) is 0.173.